The van der Waals surface area contributed by atoms with Crippen molar-refractivity contribution >= 4 is 29.5 Å². The molecule has 2 N–H and O–H groups in total. The number of benzene rings is 1. The number of amides is 4. The number of imide groups is 1. The fourth-order valence-electron chi connectivity index (χ4n) is 3.53. The lowest BCUT2D eigenvalue weighted by atomic mass is 9.98. The molecule has 1 saturated heterocycles. The van der Waals surface area contributed by atoms with Gasteiger partial charge in [-0.05, 0) is 43.9 Å². The number of carbonyl (C=O) groups is 4. The molecule has 1 heterocycles. The van der Waals surface area contributed by atoms with Gasteiger partial charge in [0.15, 0.2) is 6.61 Å². The van der Waals surface area contributed by atoms with Crippen molar-refractivity contribution in [3.8, 4) is 0 Å². The van der Waals surface area contributed by atoms with E-state index in [2.05, 4.69) is 10.6 Å². The predicted molar refractivity (Wildman–Crippen MR) is 96.9 cm³/mol. The lowest BCUT2D eigenvalue weighted by Gasteiger charge is -2.19. The monoisotopic (exact) mass is 373 g/mol. The van der Waals surface area contributed by atoms with Crippen LogP contribution in [0.15, 0.2) is 18.2 Å². The molecule has 8 nitrogen and oxygen atoms in total. The van der Waals surface area contributed by atoms with Crippen LogP contribution in [-0.2, 0) is 19.1 Å². The van der Waals surface area contributed by atoms with E-state index < -0.39 is 36.6 Å². The van der Waals surface area contributed by atoms with Gasteiger partial charge in [-0.15, -0.1) is 0 Å². The summed E-state index contributed by atoms with van der Waals surface area (Å²) in [6, 6.07) is 4.93. The van der Waals surface area contributed by atoms with Crippen LogP contribution in [-0.4, -0.2) is 47.4 Å². The van der Waals surface area contributed by atoms with Crippen molar-refractivity contribution in [2.45, 2.75) is 45.1 Å². The molecule has 0 aromatic heterocycles. The Morgan fingerprint density at radius 3 is 2.63 bits per heavy atom. The van der Waals surface area contributed by atoms with Crippen molar-refractivity contribution in [1.29, 1.82) is 0 Å². The van der Waals surface area contributed by atoms with Gasteiger partial charge in [-0.1, -0.05) is 25.0 Å². The number of urea groups is 1. The second-order valence-corrected chi connectivity index (χ2v) is 7.07. The predicted octanol–water partition coefficient (Wildman–Crippen LogP) is 1.65. The number of carbonyl (C=O) groups excluding carboxylic acids is 4. The van der Waals surface area contributed by atoms with Gasteiger partial charge >= 0.3 is 12.0 Å². The van der Waals surface area contributed by atoms with Crippen molar-refractivity contribution in [3.63, 3.8) is 0 Å². The van der Waals surface area contributed by atoms with Crippen LogP contribution in [0, 0.1) is 13.8 Å². The van der Waals surface area contributed by atoms with Gasteiger partial charge in [-0.3, -0.25) is 19.3 Å². The van der Waals surface area contributed by atoms with Gasteiger partial charge in [-0.2, -0.15) is 0 Å². The van der Waals surface area contributed by atoms with E-state index in [1.807, 2.05) is 26.0 Å². The van der Waals surface area contributed by atoms with Crippen molar-refractivity contribution < 1.29 is 23.9 Å². The molecule has 0 radical (unpaired) electrons. The summed E-state index contributed by atoms with van der Waals surface area (Å²) < 4.78 is 4.93. The molecule has 27 heavy (non-hydrogen) atoms. The molecule has 1 spiro atoms. The first-order chi connectivity index (χ1) is 12.8. The van der Waals surface area contributed by atoms with Gasteiger partial charge in [0.05, 0.1) is 0 Å². The van der Waals surface area contributed by atoms with E-state index in [1.54, 1.807) is 6.07 Å². The molecule has 1 aromatic carbocycles. The van der Waals surface area contributed by atoms with E-state index in [4.69, 9.17) is 4.74 Å². The lowest BCUT2D eigenvalue weighted by Crippen LogP contribution is -2.44. The smallest absolute Gasteiger partial charge is 0.326 e. The zero-order chi connectivity index (χ0) is 19.6. The molecular weight excluding hydrogens is 350 g/mol. The minimum atomic E-state index is -0.864. The first kappa shape index (κ1) is 18.9. The van der Waals surface area contributed by atoms with Crippen LogP contribution in [0.25, 0.3) is 0 Å². The van der Waals surface area contributed by atoms with E-state index in [1.165, 1.54) is 0 Å². The Labute approximate surface area is 157 Å². The van der Waals surface area contributed by atoms with Gasteiger partial charge in [0, 0.05) is 5.69 Å². The Hall–Kier alpha value is -2.90. The minimum absolute atomic E-state index is 0.387. The first-order valence-corrected chi connectivity index (χ1v) is 8.98. The van der Waals surface area contributed by atoms with Crippen LogP contribution < -0.4 is 10.6 Å². The molecule has 144 valence electrons. The maximum absolute atomic E-state index is 12.5. The highest BCUT2D eigenvalue weighted by Crippen LogP contribution is 2.34. The summed E-state index contributed by atoms with van der Waals surface area (Å²) in [5, 5.41) is 5.38. The van der Waals surface area contributed by atoms with E-state index in [0.717, 1.165) is 28.9 Å². The Balaban J connectivity index is 1.51. The highest BCUT2D eigenvalue weighted by atomic mass is 16.5. The average Bonchev–Trinajstić information content (AvgIpc) is 3.18. The third-order valence-corrected chi connectivity index (χ3v) is 5.23. The number of hydrogen-bond donors (Lipinski definition) is 2. The number of nitrogens with zero attached hydrogens (tertiary/aromatic N) is 1. The van der Waals surface area contributed by atoms with Crippen LogP contribution in [0.5, 0.6) is 0 Å². The second-order valence-electron chi connectivity index (χ2n) is 7.07. The molecule has 1 aliphatic heterocycles. The molecule has 1 saturated carbocycles. The molecule has 1 aromatic rings. The Bertz CT molecular complexity index is 799. The standard InChI is InChI=1S/C19H23N3O5/c1-12-6-5-7-14(13(12)2)20-15(23)11-27-16(24)10-22-17(25)19(21-18(22)26)8-3-4-9-19/h5-7H,3-4,8-11H2,1-2H3,(H,20,23)(H,21,26). The summed E-state index contributed by atoms with van der Waals surface area (Å²) in [6.45, 7) is 2.83. The Morgan fingerprint density at radius 2 is 1.93 bits per heavy atom. The van der Waals surface area contributed by atoms with E-state index in [9.17, 15) is 19.2 Å². The van der Waals surface area contributed by atoms with Gasteiger partial charge in [0.2, 0.25) is 0 Å². The summed E-state index contributed by atoms with van der Waals surface area (Å²) in [7, 11) is 0. The van der Waals surface area contributed by atoms with Crippen LogP contribution >= 0.6 is 0 Å². The van der Waals surface area contributed by atoms with E-state index >= 15 is 0 Å². The SMILES string of the molecule is Cc1cccc(NC(=O)COC(=O)CN2C(=O)NC3(CCCC3)C2=O)c1C. The molecule has 4 amide bonds. The highest BCUT2D eigenvalue weighted by Gasteiger charge is 2.52. The molecule has 1 aliphatic carbocycles. The number of rotatable bonds is 5. The summed E-state index contributed by atoms with van der Waals surface area (Å²) in [5.74, 6) is -1.67. The third-order valence-electron chi connectivity index (χ3n) is 5.23. The number of ether oxygens (including phenoxy) is 1. The normalized spacial score (nSPS) is 17.9. The minimum Gasteiger partial charge on any atom is -0.454 e. The summed E-state index contributed by atoms with van der Waals surface area (Å²) in [6.07, 6.45) is 2.90. The maximum Gasteiger partial charge on any atom is 0.326 e. The fourth-order valence-corrected chi connectivity index (χ4v) is 3.53. The zero-order valence-corrected chi connectivity index (χ0v) is 15.5. The molecule has 0 atom stereocenters. The number of aryl methyl sites for hydroxylation is 1. The molecule has 0 bridgehead atoms. The summed E-state index contributed by atoms with van der Waals surface area (Å²) in [5.41, 5.74) is 1.74. The molecule has 0 unspecified atom stereocenters. The van der Waals surface area contributed by atoms with Crippen molar-refractivity contribution in [3.05, 3.63) is 29.3 Å². The average molecular weight is 373 g/mol. The molecular formula is C19H23N3O5. The van der Waals surface area contributed by atoms with Crippen LogP contribution in [0.1, 0.15) is 36.8 Å². The second kappa shape index (κ2) is 7.38. The number of nitrogens with one attached hydrogen (secondary N) is 2. The number of anilines is 1. The number of esters is 1. The molecule has 2 fully saturated rings. The molecule has 2 aliphatic rings. The van der Waals surface area contributed by atoms with Crippen LogP contribution in [0.4, 0.5) is 10.5 Å². The first-order valence-electron chi connectivity index (χ1n) is 8.98. The van der Waals surface area contributed by atoms with Gasteiger partial charge in [-0.25, -0.2) is 4.79 Å². The lowest BCUT2D eigenvalue weighted by molar-refractivity contribution is -0.150. The van der Waals surface area contributed by atoms with Gasteiger partial charge < -0.3 is 15.4 Å². The topological polar surface area (TPSA) is 105 Å². The van der Waals surface area contributed by atoms with Crippen molar-refractivity contribution in [2.75, 3.05) is 18.5 Å². The van der Waals surface area contributed by atoms with Gasteiger partial charge in [0.25, 0.3) is 11.8 Å². The molecule has 3 rings (SSSR count). The van der Waals surface area contributed by atoms with Crippen LogP contribution in [0.3, 0.4) is 0 Å². The Morgan fingerprint density at radius 1 is 1.22 bits per heavy atom. The highest BCUT2D eigenvalue weighted by molar-refractivity contribution is 6.09. The van der Waals surface area contributed by atoms with Gasteiger partial charge in [0.1, 0.15) is 12.1 Å². The molecule has 8 heteroatoms. The Kier molecular flexibility index (Phi) is 5.16. The van der Waals surface area contributed by atoms with E-state index in [-0.39, 0.29) is 5.91 Å². The number of hydrogen-bond acceptors (Lipinski definition) is 5. The maximum atomic E-state index is 12.5. The quantitative estimate of drug-likeness (QED) is 0.603. The van der Waals surface area contributed by atoms with Crippen LogP contribution in [0.2, 0.25) is 0 Å². The zero-order valence-electron chi connectivity index (χ0n) is 15.5. The van der Waals surface area contributed by atoms with Crippen molar-refractivity contribution in [2.24, 2.45) is 0 Å². The van der Waals surface area contributed by atoms with E-state index in [0.29, 0.717) is 18.5 Å². The third kappa shape index (κ3) is 3.79. The largest absolute Gasteiger partial charge is 0.454 e. The summed E-state index contributed by atoms with van der Waals surface area (Å²) in [4.78, 5) is 49.4. The van der Waals surface area contributed by atoms with Crippen molar-refractivity contribution in [1.82, 2.24) is 10.2 Å². The fraction of sp³-hybridized carbons (Fsp3) is 0.474. The summed E-state index contributed by atoms with van der Waals surface area (Å²) >= 11 is 0.